The van der Waals surface area contributed by atoms with Crippen molar-refractivity contribution in [2.24, 2.45) is 0 Å². The lowest BCUT2D eigenvalue weighted by Crippen LogP contribution is -2.56. The number of nitriles is 1. The Bertz CT molecular complexity index is 1550. The number of nitrogens with zero attached hydrogens (tertiary/aromatic N) is 4. The lowest BCUT2D eigenvalue weighted by Gasteiger charge is -2.39. The van der Waals surface area contributed by atoms with Gasteiger partial charge in [0.1, 0.15) is 35.5 Å². The molecule has 11 heteroatoms. The predicted octanol–water partition coefficient (Wildman–Crippen LogP) is 4.58. The molecule has 2 atom stereocenters. The maximum atomic E-state index is 14.5. The predicted molar refractivity (Wildman–Crippen MR) is 143 cm³/mol. The van der Waals surface area contributed by atoms with Crippen LogP contribution in [0.2, 0.25) is 0 Å². The van der Waals surface area contributed by atoms with Crippen LogP contribution in [0.15, 0.2) is 66.7 Å². The number of halogens is 3. The van der Waals surface area contributed by atoms with Crippen LogP contribution in [-0.2, 0) is 14.4 Å². The molecule has 0 radical (unpaired) electrons. The molecule has 2 fully saturated rings. The average Bonchev–Trinajstić information content (AvgIpc) is 3.32. The highest BCUT2D eigenvalue weighted by atomic mass is 19.3. The third-order valence-electron chi connectivity index (χ3n) is 7.34. The number of amides is 3. The molecule has 5 rings (SSSR count). The minimum absolute atomic E-state index is 0.00421. The molecule has 1 aliphatic carbocycles. The van der Waals surface area contributed by atoms with Gasteiger partial charge in [-0.1, -0.05) is 36.4 Å². The summed E-state index contributed by atoms with van der Waals surface area (Å²) in [6.45, 7) is 1.74. The number of anilines is 2. The quantitative estimate of drug-likeness (QED) is 0.455. The molecule has 2 aliphatic rings. The van der Waals surface area contributed by atoms with Crippen LogP contribution in [0.1, 0.15) is 48.5 Å². The molecule has 1 saturated carbocycles. The van der Waals surface area contributed by atoms with Gasteiger partial charge in [-0.05, 0) is 54.8 Å². The van der Waals surface area contributed by atoms with Gasteiger partial charge in [0.2, 0.25) is 11.8 Å². The minimum Gasteiger partial charge on any atom is -0.351 e. The van der Waals surface area contributed by atoms with E-state index in [1.54, 1.807) is 31.2 Å². The number of carbonyl (C=O) groups is 3. The van der Waals surface area contributed by atoms with E-state index < -0.39 is 60.4 Å². The second-order valence-corrected chi connectivity index (χ2v) is 10.2. The molecule has 2 aromatic carbocycles. The van der Waals surface area contributed by atoms with E-state index >= 15 is 0 Å². The lowest BCUT2D eigenvalue weighted by atomic mass is 9.87. The molecule has 0 bridgehead atoms. The third-order valence-corrected chi connectivity index (χ3v) is 7.34. The number of pyridine rings is 1. The van der Waals surface area contributed by atoms with Crippen LogP contribution in [0.25, 0.3) is 0 Å². The summed E-state index contributed by atoms with van der Waals surface area (Å²) in [5.74, 6) is -5.25. The maximum absolute atomic E-state index is 14.5. The number of aromatic nitrogens is 1. The first-order chi connectivity index (χ1) is 19.6. The van der Waals surface area contributed by atoms with Crippen molar-refractivity contribution in [1.82, 2.24) is 10.3 Å². The van der Waals surface area contributed by atoms with Gasteiger partial charge in [0.25, 0.3) is 11.8 Å². The van der Waals surface area contributed by atoms with Crippen LogP contribution in [0, 0.1) is 24.1 Å². The largest absolute Gasteiger partial charge is 0.351 e. The van der Waals surface area contributed by atoms with Crippen molar-refractivity contribution in [1.29, 1.82) is 5.26 Å². The summed E-state index contributed by atoms with van der Waals surface area (Å²) in [5.41, 5.74) is 1.15. The summed E-state index contributed by atoms with van der Waals surface area (Å²) >= 11 is 0. The number of nitrogens with one attached hydrogen (secondary N) is 1. The summed E-state index contributed by atoms with van der Waals surface area (Å²) in [7, 11) is 0. The van der Waals surface area contributed by atoms with E-state index in [-0.39, 0.29) is 30.0 Å². The zero-order valence-electron chi connectivity index (χ0n) is 22.1. The topological polar surface area (TPSA) is 106 Å². The molecule has 8 nitrogen and oxygen atoms in total. The normalized spacial score (nSPS) is 18.8. The van der Waals surface area contributed by atoms with Gasteiger partial charge in [0.05, 0.1) is 0 Å². The van der Waals surface area contributed by atoms with E-state index in [0.29, 0.717) is 11.1 Å². The zero-order chi connectivity index (χ0) is 29.3. The molecule has 1 saturated heterocycles. The number of rotatable bonds is 7. The van der Waals surface area contributed by atoms with Crippen LogP contribution in [0.5, 0.6) is 0 Å². The van der Waals surface area contributed by atoms with E-state index in [4.69, 9.17) is 0 Å². The molecule has 1 aliphatic heterocycles. The molecule has 1 aromatic heterocycles. The number of hydrogen-bond acceptors (Lipinski definition) is 5. The first-order valence-corrected chi connectivity index (χ1v) is 13.1. The Balaban J connectivity index is 1.61. The SMILES string of the molecule is Cc1ccccc1C(C(=O)NC1CC(F)(F)C1)N(C(=O)C1CCC(=O)N1c1cccc(C#N)n1)c1cccc(F)c1. The van der Waals surface area contributed by atoms with Gasteiger partial charge in [-0.25, -0.2) is 18.2 Å². The second kappa shape index (κ2) is 11.0. The first-order valence-electron chi connectivity index (χ1n) is 13.1. The highest BCUT2D eigenvalue weighted by Gasteiger charge is 2.48. The van der Waals surface area contributed by atoms with Crippen LogP contribution < -0.4 is 15.1 Å². The van der Waals surface area contributed by atoms with Crippen molar-refractivity contribution in [3.05, 3.63) is 89.4 Å². The zero-order valence-corrected chi connectivity index (χ0v) is 22.1. The molecule has 41 heavy (non-hydrogen) atoms. The Hall–Kier alpha value is -4.72. The van der Waals surface area contributed by atoms with E-state index in [1.807, 2.05) is 6.07 Å². The Morgan fingerprint density at radius 1 is 1.12 bits per heavy atom. The van der Waals surface area contributed by atoms with E-state index in [1.165, 1.54) is 41.3 Å². The van der Waals surface area contributed by atoms with Gasteiger partial charge in [-0.15, -0.1) is 0 Å². The average molecular weight is 562 g/mol. The highest BCUT2D eigenvalue weighted by molar-refractivity contribution is 6.10. The molecule has 210 valence electrons. The van der Waals surface area contributed by atoms with Gasteiger partial charge in [-0.2, -0.15) is 5.26 Å². The second-order valence-electron chi connectivity index (χ2n) is 10.2. The van der Waals surface area contributed by atoms with Gasteiger partial charge in [-0.3, -0.25) is 24.2 Å². The summed E-state index contributed by atoms with van der Waals surface area (Å²) in [5, 5.41) is 11.9. The maximum Gasteiger partial charge on any atom is 0.252 e. The van der Waals surface area contributed by atoms with Crippen LogP contribution >= 0.6 is 0 Å². The summed E-state index contributed by atoms with van der Waals surface area (Å²) in [6.07, 6.45) is -0.971. The van der Waals surface area contributed by atoms with Crippen LogP contribution in [0.3, 0.4) is 0 Å². The monoisotopic (exact) mass is 561 g/mol. The van der Waals surface area contributed by atoms with E-state index in [2.05, 4.69) is 10.3 Å². The van der Waals surface area contributed by atoms with E-state index in [0.717, 1.165) is 11.0 Å². The fourth-order valence-electron chi connectivity index (χ4n) is 5.35. The summed E-state index contributed by atoms with van der Waals surface area (Å²) in [4.78, 5) is 47.8. The fourth-order valence-corrected chi connectivity index (χ4v) is 5.35. The van der Waals surface area contributed by atoms with Crippen molar-refractivity contribution in [2.45, 2.75) is 56.7 Å². The van der Waals surface area contributed by atoms with Gasteiger partial charge >= 0.3 is 0 Å². The lowest BCUT2D eigenvalue weighted by molar-refractivity contribution is -0.133. The minimum atomic E-state index is -2.89. The standard InChI is InChI=1S/C30H26F3N5O3/c1-18-6-2-3-10-23(18)27(28(40)36-21-15-30(32,33)16-21)37(22-9-4-7-19(31)14-22)29(41)24-12-13-26(39)38(24)25-11-5-8-20(17-34)35-25/h2-11,14,21,24,27H,12-13,15-16H2,1H3,(H,36,40). The molecular weight excluding hydrogens is 535 g/mol. The number of hydrogen-bond donors (Lipinski definition) is 1. The molecular formula is C30H26F3N5O3. The van der Waals surface area contributed by atoms with Crippen molar-refractivity contribution >= 4 is 29.2 Å². The summed E-state index contributed by atoms with van der Waals surface area (Å²) in [6, 6.07) is 15.1. The van der Waals surface area contributed by atoms with Crippen molar-refractivity contribution in [3.63, 3.8) is 0 Å². The van der Waals surface area contributed by atoms with Crippen molar-refractivity contribution < 1.29 is 27.6 Å². The number of carbonyl (C=O) groups excluding carboxylic acids is 3. The fraction of sp³-hybridized carbons (Fsp3) is 0.300. The van der Waals surface area contributed by atoms with Gasteiger partial charge in [0.15, 0.2) is 0 Å². The summed E-state index contributed by atoms with van der Waals surface area (Å²) < 4.78 is 41.7. The molecule has 3 amide bonds. The Labute approximate surface area is 234 Å². The van der Waals surface area contributed by atoms with Crippen LogP contribution in [-0.4, -0.2) is 40.7 Å². The number of alkyl halides is 2. The third kappa shape index (κ3) is 5.63. The number of benzene rings is 2. The Kier molecular flexibility index (Phi) is 7.49. The van der Waals surface area contributed by atoms with Crippen LogP contribution in [0.4, 0.5) is 24.7 Å². The molecule has 0 spiro atoms. The smallest absolute Gasteiger partial charge is 0.252 e. The number of aryl methyl sites for hydroxylation is 1. The van der Waals surface area contributed by atoms with Crippen molar-refractivity contribution in [3.8, 4) is 6.07 Å². The Morgan fingerprint density at radius 3 is 2.54 bits per heavy atom. The van der Waals surface area contributed by atoms with E-state index in [9.17, 15) is 32.8 Å². The van der Waals surface area contributed by atoms with Gasteiger partial charge < -0.3 is 5.32 Å². The molecule has 1 N–H and O–H groups in total. The highest BCUT2D eigenvalue weighted by Crippen LogP contribution is 2.39. The van der Waals surface area contributed by atoms with Gasteiger partial charge in [0, 0.05) is 31.0 Å². The Morgan fingerprint density at radius 2 is 1.85 bits per heavy atom. The van der Waals surface area contributed by atoms with Crippen molar-refractivity contribution in [2.75, 3.05) is 9.80 Å². The first kappa shape index (κ1) is 27.8. The molecule has 2 heterocycles. The molecule has 2 unspecified atom stereocenters. The molecule has 3 aromatic rings.